The van der Waals surface area contributed by atoms with Crippen molar-refractivity contribution in [3.63, 3.8) is 0 Å². The van der Waals surface area contributed by atoms with Crippen LogP contribution in [0.1, 0.15) is 59.2 Å². The number of carbonyl (C=O) groups is 1. The molecule has 0 N–H and O–H groups in total. The number of rotatable bonds is 4. The number of piperidine rings is 1. The molecule has 0 unspecified atom stereocenters. The monoisotopic (exact) mass is 422 g/mol. The van der Waals surface area contributed by atoms with Crippen LogP contribution in [0.2, 0.25) is 0 Å². The smallest absolute Gasteiger partial charge is 0.292 e. The molecule has 0 bridgehead atoms. The highest BCUT2D eigenvalue weighted by Crippen LogP contribution is 2.35. The van der Waals surface area contributed by atoms with E-state index in [1.165, 1.54) is 0 Å². The SMILES string of the molecule is Cc1cc(C(=O)N2CCC[C@H](c3nc(N4CCCC4)ncc3-c3cc(C)no3)C2)on1. The predicted octanol–water partition coefficient (Wildman–Crippen LogP) is 3.36. The van der Waals surface area contributed by atoms with Gasteiger partial charge in [-0.05, 0) is 39.5 Å². The summed E-state index contributed by atoms with van der Waals surface area (Å²) in [5.74, 6) is 1.64. The zero-order valence-corrected chi connectivity index (χ0v) is 17.9. The molecule has 31 heavy (non-hydrogen) atoms. The fraction of sp³-hybridized carbons (Fsp3) is 0.500. The highest BCUT2D eigenvalue weighted by molar-refractivity contribution is 5.91. The summed E-state index contributed by atoms with van der Waals surface area (Å²) in [5, 5.41) is 7.89. The molecule has 2 aliphatic heterocycles. The van der Waals surface area contributed by atoms with Crippen molar-refractivity contribution in [3.8, 4) is 11.3 Å². The second-order valence-corrected chi connectivity index (χ2v) is 8.42. The molecule has 1 amide bonds. The molecule has 5 heterocycles. The molecule has 9 nitrogen and oxygen atoms in total. The van der Waals surface area contributed by atoms with Crippen molar-refractivity contribution in [2.45, 2.75) is 45.4 Å². The summed E-state index contributed by atoms with van der Waals surface area (Å²) in [5.41, 5.74) is 3.27. The number of aryl methyl sites for hydroxylation is 2. The maximum Gasteiger partial charge on any atom is 0.292 e. The molecule has 2 aliphatic rings. The lowest BCUT2D eigenvalue weighted by atomic mass is 9.91. The Morgan fingerprint density at radius 1 is 1.03 bits per heavy atom. The number of carbonyl (C=O) groups excluding carboxylic acids is 1. The predicted molar refractivity (Wildman–Crippen MR) is 113 cm³/mol. The Bertz CT molecular complexity index is 1080. The topological polar surface area (TPSA) is 101 Å². The van der Waals surface area contributed by atoms with E-state index in [1.54, 1.807) is 6.07 Å². The van der Waals surface area contributed by atoms with Crippen LogP contribution in [0.25, 0.3) is 11.3 Å². The van der Waals surface area contributed by atoms with Crippen molar-refractivity contribution in [2.75, 3.05) is 31.1 Å². The minimum Gasteiger partial charge on any atom is -0.356 e. The molecule has 3 aromatic rings. The van der Waals surface area contributed by atoms with Crippen LogP contribution >= 0.6 is 0 Å². The average Bonchev–Trinajstić information content (AvgIpc) is 3.55. The zero-order chi connectivity index (χ0) is 21.4. The Morgan fingerprint density at radius 3 is 2.52 bits per heavy atom. The van der Waals surface area contributed by atoms with Gasteiger partial charge in [0, 0.05) is 50.4 Å². The quantitative estimate of drug-likeness (QED) is 0.631. The van der Waals surface area contributed by atoms with E-state index in [0.29, 0.717) is 24.5 Å². The van der Waals surface area contributed by atoms with E-state index in [4.69, 9.17) is 14.0 Å². The molecule has 2 fully saturated rings. The molecule has 0 saturated carbocycles. The van der Waals surface area contributed by atoms with Gasteiger partial charge in [-0.2, -0.15) is 0 Å². The molecule has 3 aromatic heterocycles. The van der Waals surface area contributed by atoms with Gasteiger partial charge in [0.2, 0.25) is 11.7 Å². The van der Waals surface area contributed by atoms with Crippen molar-refractivity contribution in [1.29, 1.82) is 0 Å². The molecule has 0 radical (unpaired) electrons. The number of hydrogen-bond donors (Lipinski definition) is 0. The van der Waals surface area contributed by atoms with Crippen molar-refractivity contribution in [3.05, 3.63) is 41.2 Å². The number of hydrogen-bond acceptors (Lipinski definition) is 8. The fourth-order valence-electron chi connectivity index (χ4n) is 4.45. The Labute approximate surface area is 180 Å². The number of aromatic nitrogens is 4. The lowest BCUT2D eigenvalue weighted by Gasteiger charge is -2.32. The number of nitrogens with zero attached hydrogens (tertiary/aromatic N) is 6. The maximum atomic E-state index is 12.9. The van der Waals surface area contributed by atoms with E-state index in [1.807, 2.05) is 31.0 Å². The molecule has 2 saturated heterocycles. The van der Waals surface area contributed by atoms with Crippen LogP contribution in [0.4, 0.5) is 5.95 Å². The van der Waals surface area contributed by atoms with Crippen molar-refractivity contribution >= 4 is 11.9 Å². The first-order valence-electron chi connectivity index (χ1n) is 10.9. The molecule has 0 spiro atoms. The minimum absolute atomic E-state index is 0.0754. The lowest BCUT2D eigenvalue weighted by molar-refractivity contribution is 0.0664. The van der Waals surface area contributed by atoms with Crippen LogP contribution in [0.5, 0.6) is 0 Å². The third-order valence-electron chi connectivity index (χ3n) is 6.02. The highest BCUT2D eigenvalue weighted by Gasteiger charge is 2.31. The molecule has 1 atom stereocenters. The van der Waals surface area contributed by atoms with Crippen LogP contribution in [0.3, 0.4) is 0 Å². The van der Waals surface area contributed by atoms with Gasteiger partial charge < -0.3 is 18.8 Å². The summed E-state index contributed by atoms with van der Waals surface area (Å²) < 4.78 is 10.8. The normalized spacial score (nSPS) is 19.2. The number of amides is 1. The second kappa shape index (κ2) is 8.13. The third-order valence-corrected chi connectivity index (χ3v) is 6.02. The maximum absolute atomic E-state index is 12.9. The van der Waals surface area contributed by atoms with Gasteiger partial charge in [-0.1, -0.05) is 10.3 Å². The van der Waals surface area contributed by atoms with Gasteiger partial charge in [0.1, 0.15) is 0 Å². The van der Waals surface area contributed by atoms with Gasteiger partial charge >= 0.3 is 0 Å². The van der Waals surface area contributed by atoms with E-state index in [-0.39, 0.29) is 17.6 Å². The Hall–Kier alpha value is -3.23. The molecule has 162 valence electrons. The number of likely N-dealkylation sites (tertiary alicyclic amines) is 1. The first-order valence-corrected chi connectivity index (χ1v) is 10.9. The first kappa shape index (κ1) is 19.7. The van der Waals surface area contributed by atoms with Crippen molar-refractivity contribution in [2.24, 2.45) is 0 Å². The largest absolute Gasteiger partial charge is 0.356 e. The standard InChI is InChI=1S/C22H26N6O3/c1-14-10-18(30-25-14)17-12-23-22(27-7-3-4-8-27)24-20(17)16-6-5-9-28(13-16)21(29)19-11-15(2)26-31-19/h10-12,16H,3-9,13H2,1-2H3/t16-/m0/s1. The third kappa shape index (κ3) is 3.92. The van der Waals surface area contributed by atoms with E-state index in [9.17, 15) is 4.79 Å². The van der Waals surface area contributed by atoms with Gasteiger partial charge in [0.15, 0.2) is 5.76 Å². The van der Waals surface area contributed by atoms with Gasteiger partial charge in [-0.15, -0.1) is 0 Å². The minimum atomic E-state index is -0.129. The lowest BCUT2D eigenvalue weighted by Crippen LogP contribution is -2.39. The molecule has 9 heteroatoms. The van der Waals surface area contributed by atoms with E-state index < -0.39 is 0 Å². The van der Waals surface area contributed by atoms with Gasteiger partial charge in [0.05, 0.1) is 22.6 Å². The van der Waals surface area contributed by atoms with Crippen LogP contribution in [-0.4, -0.2) is 57.3 Å². The molecule has 5 rings (SSSR count). The summed E-state index contributed by atoms with van der Waals surface area (Å²) >= 11 is 0. The van der Waals surface area contributed by atoms with Crippen molar-refractivity contribution < 1.29 is 13.8 Å². The summed E-state index contributed by atoms with van der Waals surface area (Å²) in [6.07, 6.45) is 5.99. The van der Waals surface area contributed by atoms with E-state index in [2.05, 4.69) is 20.2 Å². The first-order chi connectivity index (χ1) is 15.1. The second-order valence-electron chi connectivity index (χ2n) is 8.42. The Kier molecular flexibility index (Phi) is 5.17. The summed E-state index contributed by atoms with van der Waals surface area (Å²) in [6, 6.07) is 3.59. The highest BCUT2D eigenvalue weighted by atomic mass is 16.5. The average molecular weight is 422 g/mol. The van der Waals surface area contributed by atoms with Crippen molar-refractivity contribution in [1.82, 2.24) is 25.2 Å². The Balaban J connectivity index is 1.47. The fourth-order valence-corrected chi connectivity index (χ4v) is 4.45. The van der Waals surface area contributed by atoms with Gasteiger partial charge in [0.25, 0.3) is 5.91 Å². The summed E-state index contributed by atoms with van der Waals surface area (Å²) in [4.78, 5) is 26.6. The van der Waals surface area contributed by atoms with Crippen LogP contribution < -0.4 is 4.90 Å². The van der Waals surface area contributed by atoms with Gasteiger partial charge in [-0.3, -0.25) is 4.79 Å². The van der Waals surface area contributed by atoms with Crippen LogP contribution in [0.15, 0.2) is 27.4 Å². The molecular weight excluding hydrogens is 396 g/mol. The molecular formula is C22H26N6O3. The van der Waals surface area contributed by atoms with E-state index in [0.717, 1.165) is 61.7 Å². The van der Waals surface area contributed by atoms with Crippen LogP contribution in [-0.2, 0) is 0 Å². The number of anilines is 1. The van der Waals surface area contributed by atoms with Crippen LogP contribution in [0, 0.1) is 13.8 Å². The van der Waals surface area contributed by atoms with E-state index >= 15 is 0 Å². The summed E-state index contributed by atoms with van der Waals surface area (Å²) in [7, 11) is 0. The Morgan fingerprint density at radius 2 is 1.81 bits per heavy atom. The molecule has 0 aliphatic carbocycles. The molecule has 0 aromatic carbocycles. The summed E-state index contributed by atoms with van der Waals surface area (Å²) in [6.45, 7) is 6.91. The van der Waals surface area contributed by atoms with Gasteiger partial charge in [-0.25, -0.2) is 9.97 Å². The zero-order valence-electron chi connectivity index (χ0n) is 17.9.